The van der Waals surface area contributed by atoms with Gasteiger partial charge in [-0.1, -0.05) is 6.07 Å². The Hall–Kier alpha value is -3.56. The van der Waals surface area contributed by atoms with Crippen molar-refractivity contribution >= 4 is 17.4 Å². The number of carbonyl (C=O) groups excluding carboxylic acids is 2. The summed E-state index contributed by atoms with van der Waals surface area (Å²) in [4.78, 5) is 30.2. The number of amides is 1. The number of benzene rings is 2. The largest absolute Gasteiger partial charge is 0.507 e. The zero-order valence-electron chi connectivity index (χ0n) is 20.2. The van der Waals surface area contributed by atoms with Gasteiger partial charge in [-0.15, -0.1) is 0 Å². The molecule has 1 atom stereocenters. The Bertz CT molecular complexity index is 1110. The number of ether oxygens (including phenoxy) is 4. The third-order valence-corrected chi connectivity index (χ3v) is 6.39. The van der Waals surface area contributed by atoms with Crippen molar-refractivity contribution < 1.29 is 33.6 Å². The van der Waals surface area contributed by atoms with Gasteiger partial charge in [0.15, 0.2) is 11.5 Å². The zero-order chi connectivity index (χ0) is 24.9. The number of carbonyl (C=O) groups is 2. The molecule has 9 nitrogen and oxygen atoms in total. The average Bonchev–Trinajstić information content (AvgIpc) is 3.16. The first kappa shape index (κ1) is 24.6. The minimum atomic E-state index is -0.780. The molecule has 2 aliphatic rings. The van der Waals surface area contributed by atoms with Crippen LogP contribution in [0, 0.1) is 0 Å². The molecule has 2 saturated heterocycles. The summed E-state index contributed by atoms with van der Waals surface area (Å²) in [6.07, 6.45) is 0. The second-order valence-corrected chi connectivity index (χ2v) is 8.29. The smallest absolute Gasteiger partial charge is 0.295 e. The number of nitrogens with zero attached hydrogens (tertiary/aromatic N) is 2. The van der Waals surface area contributed by atoms with Gasteiger partial charge in [-0.2, -0.15) is 0 Å². The first-order valence-electron chi connectivity index (χ1n) is 11.4. The highest BCUT2D eigenvalue weighted by atomic mass is 16.5. The van der Waals surface area contributed by atoms with Crippen molar-refractivity contribution in [2.45, 2.75) is 6.04 Å². The topological polar surface area (TPSA) is 97.8 Å². The summed E-state index contributed by atoms with van der Waals surface area (Å²) in [5.41, 5.74) is 1.09. The Morgan fingerprint density at radius 1 is 0.943 bits per heavy atom. The lowest BCUT2D eigenvalue weighted by molar-refractivity contribution is -0.140. The minimum absolute atomic E-state index is 0.0364. The molecule has 0 saturated carbocycles. The van der Waals surface area contributed by atoms with E-state index in [1.54, 1.807) is 49.6 Å². The highest BCUT2D eigenvalue weighted by molar-refractivity contribution is 6.46. The van der Waals surface area contributed by atoms with Crippen LogP contribution in [-0.2, 0) is 14.3 Å². The van der Waals surface area contributed by atoms with Crippen molar-refractivity contribution in [3.63, 3.8) is 0 Å². The Morgan fingerprint density at radius 3 is 2.26 bits per heavy atom. The molecule has 2 fully saturated rings. The molecule has 2 aliphatic heterocycles. The molecular formula is C26H30N2O7. The summed E-state index contributed by atoms with van der Waals surface area (Å²) in [7, 11) is 4.61. The summed E-state index contributed by atoms with van der Waals surface area (Å²) >= 11 is 0. The lowest BCUT2D eigenvalue weighted by Crippen LogP contribution is -2.42. The number of Topliss-reactive ketones (excluding diaryl/α,β-unsaturated/α-hetero) is 1. The number of rotatable bonds is 8. The summed E-state index contributed by atoms with van der Waals surface area (Å²) in [5, 5.41) is 11.2. The second kappa shape index (κ2) is 10.8. The first-order valence-corrected chi connectivity index (χ1v) is 11.4. The van der Waals surface area contributed by atoms with E-state index in [0.717, 1.165) is 13.1 Å². The molecule has 186 valence electrons. The van der Waals surface area contributed by atoms with Gasteiger partial charge in [-0.05, 0) is 42.0 Å². The minimum Gasteiger partial charge on any atom is -0.507 e. The van der Waals surface area contributed by atoms with E-state index in [2.05, 4.69) is 4.90 Å². The number of morpholine rings is 1. The van der Waals surface area contributed by atoms with Crippen LogP contribution < -0.4 is 14.2 Å². The molecule has 0 radical (unpaired) electrons. The maximum atomic E-state index is 13.2. The number of aliphatic hydroxyl groups is 1. The van der Waals surface area contributed by atoms with Gasteiger partial charge in [0.05, 0.1) is 46.2 Å². The summed E-state index contributed by atoms with van der Waals surface area (Å²) in [6.45, 7) is 3.70. The predicted molar refractivity (Wildman–Crippen MR) is 129 cm³/mol. The summed E-state index contributed by atoms with van der Waals surface area (Å²) in [5.74, 6) is 0.00156. The molecule has 0 bridgehead atoms. The molecule has 1 N–H and O–H groups in total. The van der Waals surface area contributed by atoms with E-state index < -0.39 is 17.7 Å². The molecule has 0 aliphatic carbocycles. The fourth-order valence-corrected chi connectivity index (χ4v) is 4.46. The Morgan fingerprint density at radius 2 is 1.63 bits per heavy atom. The molecule has 9 heteroatoms. The van der Waals surface area contributed by atoms with Gasteiger partial charge in [0.1, 0.15) is 11.5 Å². The van der Waals surface area contributed by atoms with E-state index in [9.17, 15) is 14.7 Å². The van der Waals surface area contributed by atoms with E-state index >= 15 is 0 Å². The number of ketones is 1. The normalized spacial score (nSPS) is 20.2. The second-order valence-electron chi connectivity index (χ2n) is 8.29. The molecule has 0 unspecified atom stereocenters. The maximum Gasteiger partial charge on any atom is 0.295 e. The maximum absolute atomic E-state index is 13.2. The van der Waals surface area contributed by atoms with Gasteiger partial charge in [-0.25, -0.2) is 0 Å². The monoisotopic (exact) mass is 482 g/mol. The predicted octanol–water partition coefficient (Wildman–Crippen LogP) is 2.47. The van der Waals surface area contributed by atoms with E-state index in [1.807, 2.05) is 0 Å². The van der Waals surface area contributed by atoms with Gasteiger partial charge in [-0.3, -0.25) is 14.5 Å². The van der Waals surface area contributed by atoms with Crippen molar-refractivity contribution in [3.05, 3.63) is 59.2 Å². The molecule has 1 amide bonds. The number of aliphatic hydroxyl groups excluding tert-OH is 1. The summed E-state index contributed by atoms with van der Waals surface area (Å²) in [6, 6.07) is 11.1. The average molecular weight is 483 g/mol. The Labute approximate surface area is 204 Å². The van der Waals surface area contributed by atoms with Gasteiger partial charge >= 0.3 is 0 Å². The van der Waals surface area contributed by atoms with Crippen LogP contribution >= 0.6 is 0 Å². The molecular weight excluding hydrogens is 452 g/mol. The van der Waals surface area contributed by atoms with Gasteiger partial charge in [0, 0.05) is 31.7 Å². The van der Waals surface area contributed by atoms with Crippen LogP contribution in [0.15, 0.2) is 48.0 Å². The lowest BCUT2D eigenvalue weighted by Gasteiger charge is -2.31. The molecule has 4 rings (SSSR count). The van der Waals surface area contributed by atoms with Crippen molar-refractivity contribution in [1.82, 2.24) is 9.80 Å². The molecule has 0 spiro atoms. The van der Waals surface area contributed by atoms with Crippen molar-refractivity contribution in [3.8, 4) is 17.2 Å². The highest BCUT2D eigenvalue weighted by Crippen LogP contribution is 2.42. The number of methoxy groups -OCH3 is 3. The van der Waals surface area contributed by atoms with Crippen molar-refractivity contribution in [2.24, 2.45) is 0 Å². The van der Waals surface area contributed by atoms with Gasteiger partial charge in [0.2, 0.25) is 0 Å². The molecule has 2 aromatic carbocycles. The van der Waals surface area contributed by atoms with Crippen molar-refractivity contribution in [2.75, 3.05) is 60.7 Å². The van der Waals surface area contributed by atoms with Crippen LogP contribution in [0.4, 0.5) is 0 Å². The third-order valence-electron chi connectivity index (χ3n) is 6.39. The quantitative estimate of drug-likeness (QED) is 0.348. The molecule has 0 aromatic heterocycles. The SMILES string of the molecule is COc1ccc(/C(O)=C2\C(=O)C(=O)N(CCN3CCOCC3)[C@@H]2c2ccc(OC)c(OC)c2)cc1. The van der Waals surface area contributed by atoms with E-state index in [1.165, 1.54) is 19.1 Å². The zero-order valence-corrected chi connectivity index (χ0v) is 20.2. The van der Waals surface area contributed by atoms with E-state index in [-0.39, 0.29) is 11.3 Å². The molecule has 35 heavy (non-hydrogen) atoms. The van der Waals surface area contributed by atoms with Gasteiger partial charge in [0.25, 0.3) is 11.7 Å². The first-order chi connectivity index (χ1) is 17.0. The molecule has 2 aromatic rings. The van der Waals surface area contributed by atoms with Crippen LogP contribution in [0.3, 0.4) is 0 Å². The summed E-state index contributed by atoms with van der Waals surface area (Å²) < 4.78 is 21.4. The highest BCUT2D eigenvalue weighted by Gasteiger charge is 2.46. The number of likely N-dealkylation sites (tertiary alicyclic amines) is 1. The van der Waals surface area contributed by atoms with Gasteiger partial charge < -0.3 is 29.0 Å². The third kappa shape index (κ3) is 4.96. The van der Waals surface area contributed by atoms with Crippen LogP contribution in [0.1, 0.15) is 17.2 Å². The van der Waals surface area contributed by atoms with Crippen LogP contribution in [0.5, 0.6) is 17.2 Å². The number of hydrogen-bond donors (Lipinski definition) is 1. The van der Waals surface area contributed by atoms with Crippen LogP contribution in [0.2, 0.25) is 0 Å². The van der Waals surface area contributed by atoms with Crippen LogP contribution in [-0.4, -0.2) is 87.3 Å². The standard InChI is InChI=1S/C26H30N2O7/c1-32-19-7-4-17(5-8-19)24(29)22-23(18-6-9-20(33-2)21(16-18)34-3)28(26(31)25(22)30)11-10-27-12-14-35-15-13-27/h4-9,16,23,29H,10-15H2,1-3H3/b24-22+/t23-/m1/s1. The molecule has 2 heterocycles. The fraction of sp³-hybridized carbons (Fsp3) is 0.385. The Balaban J connectivity index is 1.77. The fourth-order valence-electron chi connectivity index (χ4n) is 4.46. The lowest BCUT2D eigenvalue weighted by atomic mass is 9.95. The van der Waals surface area contributed by atoms with Crippen molar-refractivity contribution in [1.29, 1.82) is 0 Å². The number of hydrogen-bond acceptors (Lipinski definition) is 8. The van der Waals surface area contributed by atoms with E-state index in [4.69, 9.17) is 18.9 Å². The Kier molecular flexibility index (Phi) is 7.57. The van der Waals surface area contributed by atoms with Crippen LogP contribution in [0.25, 0.3) is 5.76 Å². The van der Waals surface area contributed by atoms with E-state index in [0.29, 0.717) is 54.7 Å².